The number of benzene rings is 1. The maximum Gasteiger partial charge on any atom is 0.338 e. The van der Waals surface area contributed by atoms with E-state index in [2.05, 4.69) is 0 Å². The molecule has 1 aromatic heterocycles. The first-order valence-electron chi connectivity index (χ1n) is 8.10. The molecule has 1 heterocycles. The van der Waals surface area contributed by atoms with Crippen molar-refractivity contribution >= 4 is 21.9 Å². The highest BCUT2D eigenvalue weighted by molar-refractivity contribution is 7.89. The predicted octanol–water partition coefficient (Wildman–Crippen LogP) is 1.65. The fraction of sp³-hybridized carbons (Fsp3) is 0.333. The molecule has 0 spiro atoms. The van der Waals surface area contributed by atoms with E-state index in [1.807, 2.05) is 0 Å². The number of sulfonamides is 1. The van der Waals surface area contributed by atoms with Gasteiger partial charge in [-0.3, -0.25) is 4.79 Å². The predicted molar refractivity (Wildman–Crippen MR) is 97.5 cm³/mol. The van der Waals surface area contributed by atoms with Gasteiger partial charge in [0.15, 0.2) is 6.61 Å². The Hall–Kier alpha value is -2.65. The van der Waals surface area contributed by atoms with E-state index in [-0.39, 0.29) is 17.0 Å². The molecule has 0 atom stereocenters. The molecule has 0 saturated heterocycles. The summed E-state index contributed by atoms with van der Waals surface area (Å²) in [6.45, 7) is 1.60. The lowest BCUT2D eigenvalue weighted by Crippen LogP contribution is -2.30. The summed E-state index contributed by atoms with van der Waals surface area (Å²) in [7, 11) is 0.694. The van der Waals surface area contributed by atoms with Crippen LogP contribution < -0.4 is 0 Å². The molecule has 0 aliphatic rings. The number of carbonyl (C=O) groups is 2. The van der Waals surface area contributed by atoms with E-state index in [4.69, 9.17) is 9.15 Å². The van der Waals surface area contributed by atoms with E-state index >= 15 is 0 Å². The van der Waals surface area contributed by atoms with Gasteiger partial charge in [-0.2, -0.15) is 0 Å². The van der Waals surface area contributed by atoms with Crippen LogP contribution in [0.2, 0.25) is 0 Å². The van der Waals surface area contributed by atoms with Crippen LogP contribution >= 0.6 is 0 Å². The zero-order valence-corrected chi connectivity index (χ0v) is 16.4. The van der Waals surface area contributed by atoms with E-state index in [1.54, 1.807) is 26.1 Å². The number of ether oxygens (including phenoxy) is 1. The molecule has 0 radical (unpaired) electrons. The summed E-state index contributed by atoms with van der Waals surface area (Å²) >= 11 is 0. The average molecular weight is 394 g/mol. The lowest BCUT2D eigenvalue weighted by atomic mass is 10.2. The lowest BCUT2D eigenvalue weighted by Gasteiger charge is -2.16. The minimum Gasteiger partial charge on any atom is -0.464 e. The second-order valence-corrected chi connectivity index (χ2v) is 8.31. The van der Waals surface area contributed by atoms with Crippen molar-refractivity contribution in [3.05, 3.63) is 53.5 Å². The summed E-state index contributed by atoms with van der Waals surface area (Å²) in [6.07, 6.45) is 0. The molecular formula is C18H22N2O6S. The molecule has 1 amide bonds. The van der Waals surface area contributed by atoms with Gasteiger partial charge in [0.1, 0.15) is 11.5 Å². The van der Waals surface area contributed by atoms with E-state index in [1.165, 1.54) is 43.3 Å². The van der Waals surface area contributed by atoms with Gasteiger partial charge in [-0.15, -0.1) is 0 Å². The largest absolute Gasteiger partial charge is 0.464 e. The maximum absolute atomic E-state index is 12.2. The smallest absolute Gasteiger partial charge is 0.338 e. The third-order valence-corrected chi connectivity index (χ3v) is 5.60. The van der Waals surface area contributed by atoms with E-state index in [0.717, 1.165) is 10.1 Å². The second-order valence-electron chi connectivity index (χ2n) is 6.15. The highest BCUT2D eigenvalue weighted by atomic mass is 32.2. The summed E-state index contributed by atoms with van der Waals surface area (Å²) in [4.78, 5) is 25.6. The zero-order chi connectivity index (χ0) is 20.2. The lowest BCUT2D eigenvalue weighted by molar-refractivity contribution is -0.134. The van der Waals surface area contributed by atoms with Crippen LogP contribution in [-0.4, -0.2) is 57.2 Å². The molecule has 27 heavy (non-hydrogen) atoms. The van der Waals surface area contributed by atoms with Gasteiger partial charge < -0.3 is 14.1 Å². The second kappa shape index (κ2) is 8.36. The van der Waals surface area contributed by atoms with Gasteiger partial charge in [0.2, 0.25) is 10.0 Å². The molecule has 0 unspecified atom stereocenters. The molecule has 0 fully saturated rings. The van der Waals surface area contributed by atoms with E-state index in [9.17, 15) is 18.0 Å². The Morgan fingerprint density at radius 1 is 1.11 bits per heavy atom. The van der Waals surface area contributed by atoms with Gasteiger partial charge in [-0.1, -0.05) is 6.07 Å². The zero-order valence-electron chi connectivity index (χ0n) is 15.6. The fourth-order valence-electron chi connectivity index (χ4n) is 2.21. The number of nitrogens with zero attached hydrogens (tertiary/aromatic N) is 2. The first-order chi connectivity index (χ1) is 12.6. The highest BCUT2D eigenvalue weighted by Crippen LogP contribution is 2.15. The van der Waals surface area contributed by atoms with Gasteiger partial charge in [0, 0.05) is 21.1 Å². The van der Waals surface area contributed by atoms with Gasteiger partial charge in [-0.05, 0) is 37.3 Å². The quantitative estimate of drug-likeness (QED) is 0.663. The summed E-state index contributed by atoms with van der Waals surface area (Å²) in [5.74, 6) is 0.178. The number of carbonyl (C=O) groups excluding carboxylic acids is 2. The Kier molecular flexibility index (Phi) is 6.40. The minimum atomic E-state index is -3.67. The average Bonchev–Trinajstić information content (AvgIpc) is 3.03. The van der Waals surface area contributed by atoms with Crippen LogP contribution in [0.5, 0.6) is 0 Å². The molecule has 0 N–H and O–H groups in total. The number of rotatable bonds is 7. The molecular weight excluding hydrogens is 372 g/mol. The van der Waals surface area contributed by atoms with Crippen molar-refractivity contribution in [2.75, 3.05) is 27.7 Å². The number of amides is 1. The van der Waals surface area contributed by atoms with Crippen molar-refractivity contribution in [1.82, 2.24) is 9.21 Å². The molecule has 0 aliphatic carbocycles. The number of hydrogen-bond acceptors (Lipinski definition) is 6. The Morgan fingerprint density at radius 3 is 2.41 bits per heavy atom. The summed E-state index contributed by atoms with van der Waals surface area (Å²) in [6, 6.07) is 9.04. The number of aryl methyl sites for hydroxylation is 1. The maximum atomic E-state index is 12.2. The summed E-state index contributed by atoms with van der Waals surface area (Å²) in [5.41, 5.74) is 0.0510. The number of likely N-dealkylation sites (N-methyl/N-ethyl adjacent to an activating group) is 1. The third-order valence-electron chi connectivity index (χ3n) is 3.79. The number of hydrogen-bond donors (Lipinski definition) is 0. The molecule has 1 aromatic carbocycles. The Labute approximate surface area is 158 Å². The summed E-state index contributed by atoms with van der Waals surface area (Å²) in [5, 5.41) is 0. The molecule has 0 bridgehead atoms. The van der Waals surface area contributed by atoms with Crippen molar-refractivity contribution in [3.63, 3.8) is 0 Å². The molecule has 8 nitrogen and oxygen atoms in total. The fourth-order valence-corrected chi connectivity index (χ4v) is 3.16. The normalized spacial score (nSPS) is 11.4. The van der Waals surface area contributed by atoms with Crippen LogP contribution in [0.4, 0.5) is 0 Å². The van der Waals surface area contributed by atoms with E-state index in [0.29, 0.717) is 5.76 Å². The molecule has 146 valence electrons. The summed E-state index contributed by atoms with van der Waals surface area (Å²) < 4.78 is 35.7. The van der Waals surface area contributed by atoms with Crippen LogP contribution in [0.1, 0.15) is 21.9 Å². The standard InChI is InChI=1S/C18H22N2O6S/c1-13-8-9-15(26-13)11-20(4)17(21)12-25-18(22)14-6-5-7-16(10-14)27(23,24)19(2)3/h5-10H,11-12H2,1-4H3. The van der Waals surface area contributed by atoms with Crippen LogP contribution in [0, 0.1) is 6.92 Å². The van der Waals surface area contributed by atoms with Crippen molar-refractivity contribution in [3.8, 4) is 0 Å². The van der Waals surface area contributed by atoms with Gasteiger partial charge >= 0.3 is 5.97 Å². The van der Waals surface area contributed by atoms with E-state index < -0.39 is 28.5 Å². The SMILES string of the molecule is Cc1ccc(CN(C)C(=O)COC(=O)c2cccc(S(=O)(=O)N(C)C)c2)o1. The van der Waals surface area contributed by atoms with Gasteiger partial charge in [0.25, 0.3) is 5.91 Å². The topological polar surface area (TPSA) is 97.1 Å². The van der Waals surface area contributed by atoms with Gasteiger partial charge in [0.05, 0.1) is 17.0 Å². The Morgan fingerprint density at radius 2 is 1.81 bits per heavy atom. The van der Waals surface area contributed by atoms with Crippen molar-refractivity contribution in [2.24, 2.45) is 0 Å². The first kappa shape index (κ1) is 20.7. The van der Waals surface area contributed by atoms with Crippen molar-refractivity contribution in [1.29, 1.82) is 0 Å². The van der Waals surface area contributed by atoms with Crippen LogP contribution in [0.25, 0.3) is 0 Å². The third kappa shape index (κ3) is 5.18. The monoisotopic (exact) mass is 394 g/mol. The van der Waals surface area contributed by atoms with Crippen molar-refractivity contribution in [2.45, 2.75) is 18.4 Å². The molecule has 2 aromatic rings. The number of esters is 1. The molecule has 0 saturated carbocycles. The molecule has 9 heteroatoms. The van der Waals surface area contributed by atoms with Crippen LogP contribution in [-0.2, 0) is 26.1 Å². The molecule has 2 rings (SSSR count). The Balaban J connectivity index is 1.98. The van der Waals surface area contributed by atoms with Gasteiger partial charge in [-0.25, -0.2) is 17.5 Å². The van der Waals surface area contributed by atoms with Crippen LogP contribution in [0.15, 0.2) is 45.7 Å². The Bertz CT molecular complexity index is 933. The number of furan rings is 1. The molecule has 0 aliphatic heterocycles. The van der Waals surface area contributed by atoms with Crippen LogP contribution in [0.3, 0.4) is 0 Å². The first-order valence-corrected chi connectivity index (χ1v) is 9.54. The highest BCUT2D eigenvalue weighted by Gasteiger charge is 2.20. The van der Waals surface area contributed by atoms with Crippen molar-refractivity contribution < 1.29 is 27.2 Å². The minimum absolute atomic E-state index is 0.0291.